The van der Waals surface area contributed by atoms with Gasteiger partial charge in [-0.3, -0.25) is 4.79 Å². The van der Waals surface area contributed by atoms with Gasteiger partial charge >= 0.3 is 0 Å². The van der Waals surface area contributed by atoms with E-state index >= 15 is 0 Å². The van der Waals surface area contributed by atoms with Crippen molar-refractivity contribution < 1.29 is 0 Å². The second kappa shape index (κ2) is 6.93. The summed E-state index contributed by atoms with van der Waals surface area (Å²) in [6.45, 7) is 3.96. The maximum absolute atomic E-state index is 12.2. The van der Waals surface area contributed by atoms with Crippen molar-refractivity contribution in [3.05, 3.63) is 74.3 Å². The molecule has 2 atom stereocenters. The summed E-state index contributed by atoms with van der Waals surface area (Å²) in [5.74, 6) is 0.593. The number of benzene rings is 2. The molecule has 0 spiro atoms. The normalized spacial score (nSPS) is 13.8. The Morgan fingerprint density at radius 1 is 1.08 bits per heavy atom. The molecule has 0 aliphatic heterocycles. The molecule has 124 valence electrons. The topological polar surface area (TPSA) is 57.8 Å². The van der Waals surface area contributed by atoms with Gasteiger partial charge in [-0.05, 0) is 43.7 Å². The fourth-order valence-electron chi connectivity index (χ4n) is 2.71. The van der Waals surface area contributed by atoms with Crippen molar-refractivity contribution in [3.8, 4) is 0 Å². The largest absolute Gasteiger partial charge is 0.309 e. The number of nitrogens with zero attached hydrogens (tertiary/aromatic N) is 1. The van der Waals surface area contributed by atoms with Crippen LogP contribution in [0.2, 0.25) is 10.0 Å². The SMILES string of the molecule is CC(NC(C)c1ccc(Cl)cc1Cl)c1nc2ccccc2c(=O)[nH]1. The number of nitrogens with one attached hydrogen (secondary N) is 2. The summed E-state index contributed by atoms with van der Waals surface area (Å²) in [6, 6.07) is 12.5. The summed E-state index contributed by atoms with van der Waals surface area (Å²) >= 11 is 12.2. The van der Waals surface area contributed by atoms with E-state index < -0.39 is 0 Å². The zero-order valence-corrected chi connectivity index (χ0v) is 14.8. The van der Waals surface area contributed by atoms with Gasteiger partial charge in [-0.1, -0.05) is 41.4 Å². The first-order valence-electron chi connectivity index (χ1n) is 7.65. The molecular formula is C18H17Cl2N3O. The molecule has 0 aliphatic carbocycles. The van der Waals surface area contributed by atoms with Crippen LogP contribution in [0.25, 0.3) is 10.9 Å². The van der Waals surface area contributed by atoms with E-state index in [2.05, 4.69) is 15.3 Å². The van der Waals surface area contributed by atoms with Crippen molar-refractivity contribution in [2.45, 2.75) is 25.9 Å². The number of aromatic amines is 1. The predicted molar refractivity (Wildman–Crippen MR) is 98.8 cm³/mol. The van der Waals surface area contributed by atoms with E-state index in [4.69, 9.17) is 23.2 Å². The third kappa shape index (κ3) is 3.46. The highest BCUT2D eigenvalue weighted by Crippen LogP contribution is 2.27. The fraction of sp³-hybridized carbons (Fsp3) is 0.222. The Labute approximate surface area is 149 Å². The number of aromatic nitrogens is 2. The molecule has 24 heavy (non-hydrogen) atoms. The van der Waals surface area contributed by atoms with Gasteiger partial charge in [0.1, 0.15) is 5.82 Å². The summed E-state index contributed by atoms with van der Waals surface area (Å²) in [5.41, 5.74) is 1.49. The van der Waals surface area contributed by atoms with Crippen LogP contribution < -0.4 is 10.9 Å². The molecule has 0 radical (unpaired) electrons. The molecule has 4 nitrogen and oxygen atoms in total. The summed E-state index contributed by atoms with van der Waals surface area (Å²) in [7, 11) is 0. The highest BCUT2D eigenvalue weighted by Gasteiger charge is 2.16. The maximum Gasteiger partial charge on any atom is 0.258 e. The molecule has 0 bridgehead atoms. The summed E-state index contributed by atoms with van der Waals surface area (Å²) < 4.78 is 0. The third-order valence-electron chi connectivity index (χ3n) is 3.97. The fourth-order valence-corrected chi connectivity index (χ4v) is 3.28. The smallest absolute Gasteiger partial charge is 0.258 e. The third-order valence-corrected chi connectivity index (χ3v) is 4.53. The molecule has 1 heterocycles. The lowest BCUT2D eigenvalue weighted by atomic mass is 10.1. The van der Waals surface area contributed by atoms with Crippen LogP contribution >= 0.6 is 23.2 Å². The van der Waals surface area contributed by atoms with Crippen LogP contribution in [0.1, 0.15) is 37.3 Å². The molecule has 2 N–H and O–H groups in total. The quantitative estimate of drug-likeness (QED) is 0.711. The van der Waals surface area contributed by atoms with E-state index in [0.717, 1.165) is 5.56 Å². The molecule has 1 aromatic heterocycles. The van der Waals surface area contributed by atoms with Crippen LogP contribution in [0.5, 0.6) is 0 Å². The van der Waals surface area contributed by atoms with Crippen LogP contribution in [0.4, 0.5) is 0 Å². The summed E-state index contributed by atoms with van der Waals surface area (Å²) in [5, 5.41) is 5.20. The maximum atomic E-state index is 12.2. The van der Waals surface area contributed by atoms with Crippen LogP contribution in [0, 0.1) is 0 Å². The Morgan fingerprint density at radius 3 is 2.58 bits per heavy atom. The van der Waals surface area contributed by atoms with Gasteiger partial charge in [-0.25, -0.2) is 4.98 Å². The Bertz CT molecular complexity index is 939. The van der Waals surface area contributed by atoms with Crippen LogP contribution in [-0.4, -0.2) is 9.97 Å². The van der Waals surface area contributed by atoms with E-state index in [1.165, 1.54) is 0 Å². The lowest BCUT2D eigenvalue weighted by Gasteiger charge is -2.21. The van der Waals surface area contributed by atoms with Gasteiger partial charge in [0.25, 0.3) is 5.56 Å². The minimum Gasteiger partial charge on any atom is -0.309 e. The monoisotopic (exact) mass is 361 g/mol. The Kier molecular flexibility index (Phi) is 4.90. The summed E-state index contributed by atoms with van der Waals surface area (Å²) in [4.78, 5) is 19.6. The lowest BCUT2D eigenvalue weighted by molar-refractivity contribution is 0.477. The Morgan fingerprint density at radius 2 is 1.83 bits per heavy atom. The molecule has 2 unspecified atom stereocenters. The standard InChI is InChI=1S/C18H17Cl2N3O/c1-10(13-8-7-12(19)9-15(13)20)21-11(2)17-22-16-6-4-3-5-14(16)18(24)23-17/h3-11,21H,1-2H3,(H,22,23,24). The first kappa shape index (κ1) is 17.0. The average molecular weight is 362 g/mol. The van der Waals surface area contributed by atoms with Crippen molar-refractivity contribution in [2.24, 2.45) is 0 Å². The number of fused-ring (bicyclic) bond motifs is 1. The number of halogens is 2. The van der Waals surface area contributed by atoms with Crippen LogP contribution in [0.3, 0.4) is 0 Å². The summed E-state index contributed by atoms with van der Waals surface area (Å²) in [6.07, 6.45) is 0. The number of H-pyrrole nitrogens is 1. The number of hydrogen-bond donors (Lipinski definition) is 2. The molecule has 0 aliphatic rings. The molecule has 0 saturated carbocycles. The van der Waals surface area contributed by atoms with Crippen LogP contribution in [-0.2, 0) is 0 Å². The van der Waals surface area contributed by atoms with Gasteiger partial charge in [-0.15, -0.1) is 0 Å². The molecule has 2 aromatic carbocycles. The van der Waals surface area contributed by atoms with E-state index in [9.17, 15) is 4.79 Å². The van der Waals surface area contributed by atoms with Crippen molar-refractivity contribution >= 4 is 34.1 Å². The first-order valence-corrected chi connectivity index (χ1v) is 8.41. The Hall–Kier alpha value is -1.88. The molecule has 0 saturated heterocycles. The predicted octanol–water partition coefficient (Wildman–Crippen LogP) is 4.64. The Balaban J connectivity index is 1.86. The molecule has 3 rings (SSSR count). The molecular weight excluding hydrogens is 345 g/mol. The van der Waals surface area contributed by atoms with Crippen molar-refractivity contribution in [1.29, 1.82) is 0 Å². The number of para-hydroxylation sites is 1. The van der Waals surface area contributed by atoms with E-state index in [1.54, 1.807) is 12.1 Å². The minimum absolute atomic E-state index is 0.0264. The van der Waals surface area contributed by atoms with E-state index in [1.807, 2.05) is 44.2 Å². The molecule has 3 aromatic rings. The lowest BCUT2D eigenvalue weighted by Crippen LogP contribution is -2.26. The molecule has 6 heteroatoms. The second-order valence-corrected chi connectivity index (χ2v) is 6.59. The van der Waals surface area contributed by atoms with Gasteiger partial charge in [0.2, 0.25) is 0 Å². The van der Waals surface area contributed by atoms with E-state index in [-0.39, 0.29) is 17.6 Å². The highest BCUT2D eigenvalue weighted by atomic mass is 35.5. The van der Waals surface area contributed by atoms with E-state index in [0.29, 0.717) is 26.8 Å². The van der Waals surface area contributed by atoms with Gasteiger partial charge in [0.15, 0.2) is 0 Å². The number of hydrogen-bond acceptors (Lipinski definition) is 3. The average Bonchev–Trinajstić information content (AvgIpc) is 2.54. The highest BCUT2D eigenvalue weighted by molar-refractivity contribution is 6.35. The van der Waals surface area contributed by atoms with Crippen molar-refractivity contribution in [1.82, 2.24) is 15.3 Å². The first-order chi connectivity index (χ1) is 11.5. The van der Waals surface area contributed by atoms with Gasteiger partial charge < -0.3 is 10.3 Å². The number of rotatable bonds is 4. The zero-order valence-electron chi connectivity index (χ0n) is 13.3. The molecule has 0 fully saturated rings. The van der Waals surface area contributed by atoms with Gasteiger partial charge in [0, 0.05) is 16.1 Å². The zero-order chi connectivity index (χ0) is 17.3. The van der Waals surface area contributed by atoms with Crippen molar-refractivity contribution in [3.63, 3.8) is 0 Å². The van der Waals surface area contributed by atoms with Gasteiger partial charge in [-0.2, -0.15) is 0 Å². The van der Waals surface area contributed by atoms with Crippen LogP contribution in [0.15, 0.2) is 47.3 Å². The minimum atomic E-state index is -0.149. The molecule has 0 amide bonds. The van der Waals surface area contributed by atoms with Crippen molar-refractivity contribution in [2.75, 3.05) is 0 Å². The second-order valence-electron chi connectivity index (χ2n) is 5.74. The van der Waals surface area contributed by atoms with Gasteiger partial charge in [0.05, 0.1) is 16.9 Å².